The molecule has 9 heteroatoms. The maximum absolute atomic E-state index is 14.3. The van der Waals surface area contributed by atoms with Gasteiger partial charge in [-0.25, -0.2) is 8.42 Å². The van der Waals surface area contributed by atoms with Crippen molar-refractivity contribution in [2.45, 2.75) is 37.8 Å². The van der Waals surface area contributed by atoms with E-state index in [1.54, 1.807) is 36.4 Å². The predicted molar refractivity (Wildman–Crippen MR) is 170 cm³/mol. The highest BCUT2D eigenvalue weighted by molar-refractivity contribution is 9.10. The molecule has 0 bridgehead atoms. The molecule has 0 aliphatic heterocycles. The molecular weight excluding hydrogens is 614 g/mol. The van der Waals surface area contributed by atoms with Gasteiger partial charge in [0, 0.05) is 24.5 Å². The van der Waals surface area contributed by atoms with Gasteiger partial charge in [-0.3, -0.25) is 13.9 Å². The lowest BCUT2D eigenvalue weighted by molar-refractivity contribution is -0.139. The van der Waals surface area contributed by atoms with Gasteiger partial charge in [0.25, 0.3) is 10.0 Å². The number of nitrogens with zero attached hydrogens (tertiary/aromatic N) is 2. The standard InChI is InChI=1S/C33H34BrN3O4S/c1-24-13-19-30(20-14-24)42(40,41)37(29-17-15-28(34)16-18-29)23-32(38)36(22-27-12-8-7-9-25(27)2)31(33(39)35-3)21-26-10-5-4-6-11-26/h4-20,31H,21-23H2,1-3H3,(H,35,39). The molecule has 1 atom stereocenters. The van der Waals surface area contributed by atoms with Crippen LogP contribution in [0.5, 0.6) is 0 Å². The van der Waals surface area contributed by atoms with Crippen molar-refractivity contribution in [1.29, 1.82) is 0 Å². The third-order valence-corrected chi connectivity index (χ3v) is 9.44. The van der Waals surface area contributed by atoms with Gasteiger partial charge in [0.1, 0.15) is 12.6 Å². The number of likely N-dealkylation sites (N-methyl/N-ethyl adjacent to an activating group) is 1. The first-order chi connectivity index (χ1) is 20.1. The molecule has 218 valence electrons. The van der Waals surface area contributed by atoms with Crippen molar-refractivity contribution < 1.29 is 18.0 Å². The fourth-order valence-corrected chi connectivity index (χ4v) is 6.34. The van der Waals surface area contributed by atoms with E-state index in [2.05, 4.69) is 21.2 Å². The van der Waals surface area contributed by atoms with Gasteiger partial charge in [-0.1, -0.05) is 88.2 Å². The summed E-state index contributed by atoms with van der Waals surface area (Å²) < 4.78 is 29.9. The van der Waals surface area contributed by atoms with Crippen LogP contribution in [0.3, 0.4) is 0 Å². The quantitative estimate of drug-likeness (QED) is 0.228. The number of hydrogen-bond acceptors (Lipinski definition) is 4. The summed E-state index contributed by atoms with van der Waals surface area (Å²) in [5.74, 6) is -0.834. The summed E-state index contributed by atoms with van der Waals surface area (Å²) in [6, 6.07) is 29.5. The minimum atomic E-state index is -4.13. The lowest BCUT2D eigenvalue weighted by Crippen LogP contribution is -2.53. The third kappa shape index (κ3) is 7.46. The Kier molecular flexibility index (Phi) is 10.2. The minimum absolute atomic E-state index is 0.0707. The van der Waals surface area contributed by atoms with Gasteiger partial charge in [0.2, 0.25) is 11.8 Å². The van der Waals surface area contributed by atoms with Crippen LogP contribution in [-0.4, -0.2) is 44.8 Å². The number of anilines is 1. The molecule has 0 saturated heterocycles. The van der Waals surface area contributed by atoms with E-state index in [0.29, 0.717) is 5.69 Å². The Morgan fingerprint density at radius 2 is 1.45 bits per heavy atom. The second-order valence-corrected chi connectivity index (χ2v) is 12.8. The van der Waals surface area contributed by atoms with E-state index in [1.807, 2.05) is 68.4 Å². The Morgan fingerprint density at radius 3 is 2.07 bits per heavy atom. The molecule has 7 nitrogen and oxygen atoms in total. The zero-order valence-corrected chi connectivity index (χ0v) is 26.2. The molecule has 0 aliphatic rings. The van der Waals surface area contributed by atoms with Crippen LogP contribution in [0.1, 0.15) is 22.3 Å². The van der Waals surface area contributed by atoms with Crippen molar-refractivity contribution in [1.82, 2.24) is 10.2 Å². The molecule has 0 aliphatic carbocycles. The molecule has 4 aromatic carbocycles. The minimum Gasteiger partial charge on any atom is -0.357 e. The van der Waals surface area contributed by atoms with Gasteiger partial charge in [-0.05, 0) is 66.9 Å². The largest absolute Gasteiger partial charge is 0.357 e. The molecule has 4 rings (SSSR count). The van der Waals surface area contributed by atoms with Gasteiger partial charge in [-0.15, -0.1) is 0 Å². The Balaban J connectivity index is 1.79. The Morgan fingerprint density at radius 1 is 0.833 bits per heavy atom. The van der Waals surface area contributed by atoms with E-state index in [1.165, 1.54) is 24.1 Å². The summed E-state index contributed by atoms with van der Waals surface area (Å²) >= 11 is 3.40. The summed E-state index contributed by atoms with van der Waals surface area (Å²) in [5, 5.41) is 2.70. The Labute approximate surface area is 256 Å². The van der Waals surface area contributed by atoms with Crippen molar-refractivity contribution in [3.05, 3.63) is 130 Å². The molecule has 0 saturated carbocycles. The van der Waals surface area contributed by atoms with Gasteiger partial charge >= 0.3 is 0 Å². The molecule has 4 aromatic rings. The first kappa shape index (κ1) is 31.0. The number of sulfonamides is 1. The third-order valence-electron chi connectivity index (χ3n) is 7.12. The molecule has 1 unspecified atom stereocenters. The number of rotatable bonds is 11. The molecule has 0 fully saturated rings. The molecule has 0 heterocycles. The molecule has 0 radical (unpaired) electrons. The second-order valence-electron chi connectivity index (χ2n) is 10.1. The van der Waals surface area contributed by atoms with Gasteiger partial charge in [0.15, 0.2) is 0 Å². The van der Waals surface area contributed by atoms with E-state index in [-0.39, 0.29) is 23.8 Å². The number of carbonyl (C=O) groups is 2. The molecule has 0 aromatic heterocycles. The van der Waals surface area contributed by atoms with E-state index in [9.17, 15) is 18.0 Å². The molecule has 42 heavy (non-hydrogen) atoms. The van der Waals surface area contributed by atoms with Crippen LogP contribution in [0.2, 0.25) is 0 Å². The van der Waals surface area contributed by atoms with Crippen LogP contribution < -0.4 is 9.62 Å². The summed E-state index contributed by atoms with van der Waals surface area (Å²) in [4.78, 5) is 29.2. The number of hydrogen-bond donors (Lipinski definition) is 1. The van der Waals surface area contributed by atoms with Crippen LogP contribution in [0.25, 0.3) is 0 Å². The van der Waals surface area contributed by atoms with Crippen molar-refractivity contribution in [2.24, 2.45) is 0 Å². The first-order valence-electron chi connectivity index (χ1n) is 13.5. The summed E-state index contributed by atoms with van der Waals surface area (Å²) in [6.07, 6.45) is 0.265. The lowest BCUT2D eigenvalue weighted by Gasteiger charge is -2.34. The SMILES string of the molecule is CNC(=O)C(Cc1ccccc1)N(Cc1ccccc1C)C(=O)CN(c1ccc(Br)cc1)S(=O)(=O)c1ccc(C)cc1. The van der Waals surface area contributed by atoms with Crippen LogP contribution >= 0.6 is 15.9 Å². The van der Waals surface area contributed by atoms with Crippen LogP contribution in [0.15, 0.2) is 112 Å². The highest BCUT2D eigenvalue weighted by Crippen LogP contribution is 2.27. The lowest BCUT2D eigenvalue weighted by atomic mass is 10.0. The Bertz CT molecular complexity index is 1630. The Hall–Kier alpha value is -3.95. The zero-order valence-electron chi connectivity index (χ0n) is 23.8. The summed E-state index contributed by atoms with van der Waals surface area (Å²) in [5.41, 5.74) is 3.96. The van der Waals surface area contributed by atoms with Crippen molar-refractivity contribution in [3.63, 3.8) is 0 Å². The molecule has 1 N–H and O–H groups in total. The summed E-state index contributed by atoms with van der Waals surface area (Å²) in [6.45, 7) is 3.46. The topological polar surface area (TPSA) is 86.8 Å². The highest BCUT2D eigenvalue weighted by Gasteiger charge is 2.34. The molecule has 2 amide bonds. The average molecular weight is 649 g/mol. The maximum atomic E-state index is 14.3. The van der Waals surface area contributed by atoms with Crippen LogP contribution in [0.4, 0.5) is 5.69 Å². The average Bonchev–Trinajstić information content (AvgIpc) is 2.99. The predicted octanol–water partition coefficient (Wildman–Crippen LogP) is 5.65. The van der Waals surface area contributed by atoms with Crippen molar-refractivity contribution in [2.75, 3.05) is 17.9 Å². The van der Waals surface area contributed by atoms with Gasteiger partial charge < -0.3 is 10.2 Å². The summed E-state index contributed by atoms with van der Waals surface area (Å²) in [7, 11) is -2.60. The fourth-order valence-electron chi connectivity index (χ4n) is 4.67. The number of nitrogens with one attached hydrogen (secondary N) is 1. The van der Waals surface area contributed by atoms with E-state index >= 15 is 0 Å². The number of carbonyl (C=O) groups excluding carboxylic acids is 2. The van der Waals surface area contributed by atoms with Crippen molar-refractivity contribution in [3.8, 4) is 0 Å². The van der Waals surface area contributed by atoms with Gasteiger partial charge in [-0.2, -0.15) is 0 Å². The monoisotopic (exact) mass is 647 g/mol. The van der Waals surface area contributed by atoms with Gasteiger partial charge in [0.05, 0.1) is 10.6 Å². The number of amides is 2. The molecular formula is C33H34BrN3O4S. The van der Waals surface area contributed by atoms with Crippen molar-refractivity contribution >= 4 is 43.5 Å². The van der Waals surface area contributed by atoms with E-state index in [4.69, 9.17) is 0 Å². The molecule has 0 spiro atoms. The smallest absolute Gasteiger partial charge is 0.264 e. The first-order valence-corrected chi connectivity index (χ1v) is 15.8. The normalized spacial score (nSPS) is 11.9. The number of aryl methyl sites for hydroxylation is 2. The van der Waals surface area contributed by atoms with E-state index < -0.39 is 28.5 Å². The maximum Gasteiger partial charge on any atom is 0.264 e. The van der Waals surface area contributed by atoms with Crippen LogP contribution in [0, 0.1) is 13.8 Å². The number of benzene rings is 4. The second kappa shape index (κ2) is 13.8. The van der Waals surface area contributed by atoms with Crippen LogP contribution in [-0.2, 0) is 32.6 Å². The fraction of sp³-hybridized carbons (Fsp3) is 0.212. The highest BCUT2D eigenvalue weighted by atomic mass is 79.9. The van der Waals surface area contributed by atoms with E-state index in [0.717, 1.165) is 31.0 Å². The number of halogens is 1. The zero-order chi connectivity index (χ0) is 30.3.